The molecule has 3 aromatic rings. The Hall–Kier alpha value is -2.25. The molecule has 1 saturated carbocycles. The molecule has 5 nitrogen and oxygen atoms in total. The van der Waals surface area contributed by atoms with Gasteiger partial charge in [-0.3, -0.25) is 9.69 Å². The van der Waals surface area contributed by atoms with E-state index >= 15 is 0 Å². The molecule has 146 valence electrons. The van der Waals surface area contributed by atoms with Crippen LogP contribution >= 0.6 is 11.3 Å². The zero-order chi connectivity index (χ0) is 19.8. The molecule has 1 heterocycles. The minimum atomic E-state index is -3.81. The van der Waals surface area contributed by atoms with E-state index in [9.17, 15) is 13.2 Å². The van der Waals surface area contributed by atoms with Crippen molar-refractivity contribution < 1.29 is 13.2 Å². The number of thiazole rings is 1. The third kappa shape index (κ3) is 2.93. The second kappa shape index (κ2) is 7.29. The van der Waals surface area contributed by atoms with Crippen molar-refractivity contribution in [2.24, 2.45) is 0 Å². The van der Waals surface area contributed by atoms with E-state index in [1.807, 2.05) is 31.2 Å². The van der Waals surface area contributed by atoms with E-state index in [0.717, 1.165) is 23.1 Å². The summed E-state index contributed by atoms with van der Waals surface area (Å²) in [6, 6.07) is 16.0. The van der Waals surface area contributed by atoms with Gasteiger partial charge in [-0.05, 0) is 44.0 Å². The van der Waals surface area contributed by atoms with Crippen molar-refractivity contribution in [3.05, 3.63) is 54.6 Å². The summed E-state index contributed by atoms with van der Waals surface area (Å²) < 4.78 is 26.7. The Kier molecular flexibility index (Phi) is 4.97. The topological polar surface area (TPSA) is 67.3 Å². The molecular formula is C21H22N2O3S2. The van der Waals surface area contributed by atoms with E-state index in [4.69, 9.17) is 0 Å². The number of para-hydroxylation sites is 1. The van der Waals surface area contributed by atoms with Gasteiger partial charge >= 0.3 is 0 Å². The maximum atomic E-state index is 13.7. The summed E-state index contributed by atoms with van der Waals surface area (Å²) in [5.41, 5.74) is 0.820. The van der Waals surface area contributed by atoms with E-state index in [2.05, 4.69) is 4.98 Å². The normalized spacial score (nSPS) is 16.3. The number of benzene rings is 2. The summed E-state index contributed by atoms with van der Waals surface area (Å²) in [7, 11) is -3.81. The van der Waals surface area contributed by atoms with Gasteiger partial charge in [0.15, 0.2) is 19.7 Å². The fourth-order valence-corrected chi connectivity index (χ4v) is 7.12. The van der Waals surface area contributed by atoms with E-state index in [-0.39, 0.29) is 10.8 Å². The van der Waals surface area contributed by atoms with Gasteiger partial charge in [0.05, 0.1) is 15.1 Å². The van der Waals surface area contributed by atoms with E-state index in [1.165, 1.54) is 11.3 Å². The predicted octanol–water partition coefficient (Wildman–Crippen LogP) is 4.44. The average molecular weight is 415 g/mol. The van der Waals surface area contributed by atoms with Crippen molar-refractivity contribution >= 4 is 42.4 Å². The van der Waals surface area contributed by atoms with E-state index < -0.39 is 14.6 Å². The number of sulfone groups is 1. The first kappa shape index (κ1) is 19.1. The third-order valence-electron chi connectivity index (χ3n) is 5.44. The van der Waals surface area contributed by atoms with Crippen LogP contribution in [0.15, 0.2) is 59.5 Å². The number of anilines is 1. The predicted molar refractivity (Wildman–Crippen MR) is 112 cm³/mol. The molecule has 0 radical (unpaired) electrons. The summed E-state index contributed by atoms with van der Waals surface area (Å²) >= 11 is 1.42. The van der Waals surface area contributed by atoms with Crippen LogP contribution in [0.2, 0.25) is 0 Å². The number of amides is 1. The summed E-state index contributed by atoms with van der Waals surface area (Å²) in [6.07, 6.45) is 2.17. The molecule has 0 saturated heterocycles. The zero-order valence-electron chi connectivity index (χ0n) is 15.7. The first-order valence-corrected chi connectivity index (χ1v) is 11.8. The summed E-state index contributed by atoms with van der Waals surface area (Å²) in [6.45, 7) is 2.24. The molecule has 1 amide bonds. The molecule has 0 bridgehead atoms. The van der Waals surface area contributed by atoms with Gasteiger partial charge in [-0.2, -0.15) is 0 Å². The largest absolute Gasteiger partial charge is 0.287 e. The van der Waals surface area contributed by atoms with Crippen LogP contribution in [0.1, 0.15) is 32.6 Å². The maximum absolute atomic E-state index is 13.7. The lowest BCUT2D eigenvalue weighted by Gasteiger charge is -2.32. The van der Waals surface area contributed by atoms with Crippen LogP contribution < -0.4 is 4.90 Å². The number of fused-ring (bicyclic) bond motifs is 1. The van der Waals surface area contributed by atoms with Crippen molar-refractivity contribution in [3.8, 4) is 0 Å². The van der Waals surface area contributed by atoms with Gasteiger partial charge < -0.3 is 0 Å². The number of hydrogen-bond acceptors (Lipinski definition) is 5. The Balaban J connectivity index is 1.79. The summed E-state index contributed by atoms with van der Waals surface area (Å²) in [5, 5.41) is 0.559. The second-order valence-corrected chi connectivity index (χ2v) is 10.3. The van der Waals surface area contributed by atoms with Gasteiger partial charge in [0, 0.05) is 6.54 Å². The van der Waals surface area contributed by atoms with Crippen LogP contribution in [0.25, 0.3) is 10.2 Å². The molecule has 28 heavy (non-hydrogen) atoms. The number of carbonyl (C=O) groups excluding carboxylic acids is 1. The van der Waals surface area contributed by atoms with Crippen LogP contribution in [-0.4, -0.2) is 30.6 Å². The Morgan fingerprint density at radius 3 is 2.36 bits per heavy atom. The molecule has 0 aliphatic heterocycles. The lowest BCUT2D eigenvalue weighted by atomic mass is 10.1. The summed E-state index contributed by atoms with van der Waals surface area (Å²) in [5.74, 6) is -0.351. The maximum Gasteiger partial charge on any atom is 0.250 e. The number of hydrogen-bond donors (Lipinski definition) is 0. The van der Waals surface area contributed by atoms with Gasteiger partial charge in [0.25, 0.3) is 5.91 Å². The molecule has 1 aliphatic rings. The van der Waals surface area contributed by atoms with Crippen molar-refractivity contribution in [3.63, 3.8) is 0 Å². The number of nitrogens with zero attached hydrogens (tertiary/aromatic N) is 2. The molecule has 2 aromatic carbocycles. The number of aromatic nitrogens is 1. The third-order valence-corrected chi connectivity index (χ3v) is 9.01. The highest BCUT2D eigenvalue weighted by Crippen LogP contribution is 2.43. The Bertz CT molecular complexity index is 1070. The van der Waals surface area contributed by atoms with Crippen molar-refractivity contribution in [1.29, 1.82) is 0 Å². The zero-order valence-corrected chi connectivity index (χ0v) is 17.3. The molecule has 1 fully saturated rings. The van der Waals surface area contributed by atoms with Crippen molar-refractivity contribution in [2.45, 2.75) is 42.2 Å². The second-order valence-electron chi connectivity index (χ2n) is 7.03. The first-order chi connectivity index (χ1) is 13.5. The SMILES string of the molecule is CCN(C(=O)C1(S(=O)(=O)c2ccccc2)CCCC1)c1nc2ccccc2s1. The smallest absolute Gasteiger partial charge is 0.250 e. The van der Waals surface area contributed by atoms with Crippen LogP contribution in [0.3, 0.4) is 0 Å². The number of rotatable bonds is 5. The van der Waals surface area contributed by atoms with Gasteiger partial charge in [-0.15, -0.1) is 0 Å². The molecule has 0 unspecified atom stereocenters. The van der Waals surface area contributed by atoms with Crippen LogP contribution in [0.5, 0.6) is 0 Å². The minimum absolute atomic E-state index is 0.214. The molecule has 1 aromatic heterocycles. The molecule has 7 heteroatoms. The summed E-state index contributed by atoms with van der Waals surface area (Å²) in [4.78, 5) is 20.1. The molecule has 1 aliphatic carbocycles. The molecule has 0 N–H and O–H groups in total. The standard InChI is InChI=1S/C21H22N2O3S2/c1-2-23(20-22-17-12-6-7-13-18(17)27-20)19(24)21(14-8-9-15-21)28(25,26)16-10-4-3-5-11-16/h3-7,10-13H,2,8-9,14-15H2,1H3. The van der Waals surface area contributed by atoms with Gasteiger partial charge in [-0.25, -0.2) is 13.4 Å². The van der Waals surface area contributed by atoms with Crippen LogP contribution in [-0.2, 0) is 14.6 Å². The monoisotopic (exact) mass is 414 g/mol. The Morgan fingerprint density at radius 2 is 1.71 bits per heavy atom. The minimum Gasteiger partial charge on any atom is -0.287 e. The fourth-order valence-electron chi connectivity index (χ4n) is 3.96. The van der Waals surface area contributed by atoms with Crippen LogP contribution in [0.4, 0.5) is 5.13 Å². The van der Waals surface area contributed by atoms with E-state index in [0.29, 0.717) is 24.5 Å². The molecule has 4 rings (SSSR count). The number of carbonyl (C=O) groups is 1. The molecular weight excluding hydrogens is 392 g/mol. The van der Waals surface area contributed by atoms with E-state index in [1.54, 1.807) is 35.2 Å². The highest BCUT2D eigenvalue weighted by Gasteiger charge is 2.54. The lowest BCUT2D eigenvalue weighted by molar-refractivity contribution is -0.120. The lowest BCUT2D eigenvalue weighted by Crippen LogP contribution is -2.52. The van der Waals surface area contributed by atoms with Crippen LogP contribution in [0, 0.1) is 0 Å². The Morgan fingerprint density at radius 1 is 1.07 bits per heavy atom. The first-order valence-electron chi connectivity index (χ1n) is 9.47. The highest BCUT2D eigenvalue weighted by atomic mass is 32.2. The van der Waals surface area contributed by atoms with Crippen molar-refractivity contribution in [1.82, 2.24) is 4.98 Å². The van der Waals surface area contributed by atoms with Gasteiger partial charge in [-0.1, -0.05) is 54.5 Å². The van der Waals surface area contributed by atoms with Gasteiger partial charge in [0.2, 0.25) is 0 Å². The molecule has 0 spiro atoms. The van der Waals surface area contributed by atoms with Crippen molar-refractivity contribution in [2.75, 3.05) is 11.4 Å². The highest BCUT2D eigenvalue weighted by molar-refractivity contribution is 7.93. The fraction of sp³-hybridized carbons (Fsp3) is 0.333. The average Bonchev–Trinajstić information content (AvgIpc) is 3.37. The quantitative estimate of drug-likeness (QED) is 0.619. The Labute approximate surface area is 168 Å². The molecule has 0 atom stereocenters. The van der Waals surface area contributed by atoms with Gasteiger partial charge in [0.1, 0.15) is 0 Å².